The van der Waals surface area contributed by atoms with Gasteiger partial charge in [0.15, 0.2) is 0 Å². The molecule has 1 saturated carbocycles. The SMILES string of the molecule is O=[N+]([O-])c1cc(Cl)cnc1NCCCC1CCCC1. The zero-order valence-corrected chi connectivity index (χ0v) is 11.5. The van der Waals surface area contributed by atoms with Crippen molar-refractivity contribution in [3.63, 3.8) is 0 Å². The Morgan fingerprint density at radius 2 is 2.21 bits per heavy atom. The topological polar surface area (TPSA) is 68.1 Å². The van der Waals surface area contributed by atoms with Gasteiger partial charge in [-0.15, -0.1) is 0 Å². The molecule has 1 aromatic rings. The molecule has 1 aliphatic carbocycles. The highest BCUT2D eigenvalue weighted by Crippen LogP contribution is 2.29. The number of nitrogens with one attached hydrogen (secondary N) is 1. The van der Waals surface area contributed by atoms with Crippen LogP contribution >= 0.6 is 11.6 Å². The standard InChI is InChI=1S/C13H18ClN3O2/c14-11-8-12(17(18)19)13(16-9-11)15-7-3-6-10-4-1-2-5-10/h8-10H,1-7H2,(H,15,16). The van der Waals surface area contributed by atoms with Crippen LogP contribution in [0.2, 0.25) is 5.02 Å². The lowest BCUT2D eigenvalue weighted by atomic mass is 10.0. The van der Waals surface area contributed by atoms with Crippen molar-refractivity contribution in [1.82, 2.24) is 4.98 Å². The van der Waals surface area contributed by atoms with Crippen LogP contribution in [-0.4, -0.2) is 16.5 Å². The van der Waals surface area contributed by atoms with Crippen LogP contribution in [-0.2, 0) is 0 Å². The first kappa shape index (κ1) is 14.1. The van der Waals surface area contributed by atoms with E-state index in [1.54, 1.807) is 0 Å². The molecule has 5 nitrogen and oxygen atoms in total. The fourth-order valence-corrected chi connectivity index (χ4v) is 2.75. The van der Waals surface area contributed by atoms with Crippen molar-refractivity contribution in [2.75, 3.05) is 11.9 Å². The third kappa shape index (κ3) is 4.06. The van der Waals surface area contributed by atoms with Gasteiger partial charge in [0, 0.05) is 18.8 Å². The monoisotopic (exact) mass is 283 g/mol. The smallest absolute Gasteiger partial charge is 0.312 e. The van der Waals surface area contributed by atoms with Crippen LogP contribution in [0, 0.1) is 16.0 Å². The summed E-state index contributed by atoms with van der Waals surface area (Å²) in [6, 6.07) is 1.33. The molecule has 0 atom stereocenters. The molecule has 0 saturated heterocycles. The third-order valence-electron chi connectivity index (χ3n) is 3.59. The fraction of sp³-hybridized carbons (Fsp3) is 0.615. The predicted molar refractivity (Wildman–Crippen MR) is 75.6 cm³/mol. The number of nitro groups is 1. The van der Waals surface area contributed by atoms with Gasteiger partial charge in [-0.3, -0.25) is 10.1 Å². The summed E-state index contributed by atoms with van der Waals surface area (Å²) in [4.78, 5) is 14.4. The van der Waals surface area contributed by atoms with Gasteiger partial charge in [0.25, 0.3) is 0 Å². The molecule has 0 spiro atoms. The number of anilines is 1. The molecule has 1 aliphatic rings. The largest absolute Gasteiger partial charge is 0.364 e. The van der Waals surface area contributed by atoms with E-state index < -0.39 is 4.92 Å². The van der Waals surface area contributed by atoms with Crippen LogP contribution in [0.5, 0.6) is 0 Å². The molecule has 0 unspecified atom stereocenters. The Kier molecular flexibility index (Phi) is 4.96. The number of hydrogen-bond donors (Lipinski definition) is 1. The number of hydrogen-bond acceptors (Lipinski definition) is 4. The van der Waals surface area contributed by atoms with E-state index in [9.17, 15) is 10.1 Å². The van der Waals surface area contributed by atoms with Crippen molar-refractivity contribution in [2.45, 2.75) is 38.5 Å². The first-order valence-corrected chi connectivity index (χ1v) is 7.08. The summed E-state index contributed by atoms with van der Waals surface area (Å²) < 4.78 is 0. The van der Waals surface area contributed by atoms with Gasteiger partial charge in [0.1, 0.15) is 0 Å². The Balaban J connectivity index is 1.83. The highest BCUT2D eigenvalue weighted by Gasteiger charge is 2.17. The van der Waals surface area contributed by atoms with Crippen molar-refractivity contribution in [2.24, 2.45) is 5.92 Å². The third-order valence-corrected chi connectivity index (χ3v) is 3.79. The number of rotatable bonds is 6. The van der Waals surface area contributed by atoms with E-state index >= 15 is 0 Å². The lowest BCUT2D eigenvalue weighted by molar-refractivity contribution is -0.384. The molecule has 0 aromatic carbocycles. The van der Waals surface area contributed by atoms with Crippen LogP contribution < -0.4 is 5.32 Å². The quantitative estimate of drug-likeness (QED) is 0.486. The van der Waals surface area contributed by atoms with Gasteiger partial charge >= 0.3 is 5.69 Å². The predicted octanol–water partition coefficient (Wildman–Crippen LogP) is 4.03. The molecule has 1 N–H and O–H groups in total. The van der Waals surface area contributed by atoms with Gasteiger partial charge in [-0.25, -0.2) is 4.98 Å². The zero-order chi connectivity index (χ0) is 13.7. The molecule has 1 fully saturated rings. The van der Waals surface area contributed by atoms with E-state index in [0.29, 0.717) is 12.4 Å². The van der Waals surface area contributed by atoms with Crippen molar-refractivity contribution >= 4 is 23.1 Å². The Bertz CT molecular complexity index is 448. The molecular formula is C13H18ClN3O2. The average molecular weight is 284 g/mol. The van der Waals surface area contributed by atoms with E-state index in [0.717, 1.165) is 12.3 Å². The second-order valence-electron chi connectivity index (χ2n) is 5.00. The van der Waals surface area contributed by atoms with E-state index in [4.69, 9.17) is 11.6 Å². The Labute approximate surface area is 117 Å². The normalized spacial score (nSPS) is 15.6. The van der Waals surface area contributed by atoms with E-state index in [2.05, 4.69) is 10.3 Å². The second kappa shape index (κ2) is 6.70. The molecule has 6 heteroatoms. The Morgan fingerprint density at radius 3 is 2.89 bits per heavy atom. The van der Waals surface area contributed by atoms with Crippen LogP contribution in [0.25, 0.3) is 0 Å². The lowest BCUT2D eigenvalue weighted by Crippen LogP contribution is -2.07. The maximum atomic E-state index is 10.9. The molecule has 1 aromatic heterocycles. The van der Waals surface area contributed by atoms with Crippen molar-refractivity contribution in [3.8, 4) is 0 Å². The molecule has 104 valence electrons. The molecular weight excluding hydrogens is 266 g/mol. The summed E-state index contributed by atoms with van der Waals surface area (Å²) >= 11 is 5.71. The zero-order valence-electron chi connectivity index (χ0n) is 10.8. The summed E-state index contributed by atoms with van der Waals surface area (Å²) in [5, 5.41) is 14.2. The van der Waals surface area contributed by atoms with Gasteiger partial charge < -0.3 is 5.32 Å². The number of pyridine rings is 1. The first-order chi connectivity index (χ1) is 9.16. The number of nitrogens with zero attached hydrogens (tertiary/aromatic N) is 2. The highest BCUT2D eigenvalue weighted by molar-refractivity contribution is 6.30. The molecule has 0 amide bonds. The number of aromatic nitrogens is 1. The molecule has 0 aliphatic heterocycles. The van der Waals surface area contributed by atoms with Gasteiger partial charge in [-0.2, -0.15) is 0 Å². The van der Waals surface area contributed by atoms with Crippen LogP contribution in [0.15, 0.2) is 12.3 Å². The molecule has 19 heavy (non-hydrogen) atoms. The van der Waals surface area contributed by atoms with Crippen molar-refractivity contribution in [1.29, 1.82) is 0 Å². The summed E-state index contributed by atoms with van der Waals surface area (Å²) in [5.41, 5.74) is -0.0617. The lowest BCUT2D eigenvalue weighted by Gasteiger charge is -2.09. The van der Waals surface area contributed by atoms with E-state index in [1.807, 2.05) is 0 Å². The average Bonchev–Trinajstić information content (AvgIpc) is 2.89. The van der Waals surface area contributed by atoms with Crippen LogP contribution in [0.3, 0.4) is 0 Å². The summed E-state index contributed by atoms with van der Waals surface area (Å²) in [6.45, 7) is 0.714. The second-order valence-corrected chi connectivity index (χ2v) is 5.43. The minimum absolute atomic E-state index is 0.0617. The molecule has 2 rings (SSSR count). The molecule has 0 bridgehead atoms. The summed E-state index contributed by atoms with van der Waals surface area (Å²) in [7, 11) is 0. The highest BCUT2D eigenvalue weighted by atomic mass is 35.5. The molecule has 1 heterocycles. The summed E-state index contributed by atoms with van der Waals surface area (Å²) in [5.74, 6) is 1.15. The van der Waals surface area contributed by atoms with E-state index in [1.165, 1.54) is 44.4 Å². The van der Waals surface area contributed by atoms with Crippen LogP contribution in [0.1, 0.15) is 38.5 Å². The Hall–Kier alpha value is -1.36. The minimum Gasteiger partial charge on any atom is -0.364 e. The van der Waals surface area contributed by atoms with Crippen molar-refractivity contribution < 1.29 is 4.92 Å². The minimum atomic E-state index is -0.460. The maximum absolute atomic E-state index is 10.9. The van der Waals surface area contributed by atoms with Gasteiger partial charge in [-0.1, -0.05) is 37.3 Å². The maximum Gasteiger partial charge on any atom is 0.312 e. The molecule has 0 radical (unpaired) electrons. The fourth-order valence-electron chi connectivity index (χ4n) is 2.60. The van der Waals surface area contributed by atoms with E-state index in [-0.39, 0.29) is 10.7 Å². The van der Waals surface area contributed by atoms with Gasteiger partial charge in [-0.05, 0) is 18.8 Å². The van der Waals surface area contributed by atoms with Gasteiger partial charge in [0.05, 0.1) is 9.95 Å². The summed E-state index contributed by atoms with van der Waals surface area (Å²) in [6.07, 6.45) is 9.00. The first-order valence-electron chi connectivity index (χ1n) is 6.70. The Morgan fingerprint density at radius 1 is 1.47 bits per heavy atom. The van der Waals surface area contributed by atoms with Crippen LogP contribution in [0.4, 0.5) is 11.5 Å². The number of halogens is 1. The van der Waals surface area contributed by atoms with Gasteiger partial charge in [0.2, 0.25) is 5.82 Å². The van der Waals surface area contributed by atoms with Crippen molar-refractivity contribution in [3.05, 3.63) is 27.4 Å².